The van der Waals surface area contributed by atoms with Crippen LogP contribution in [-0.4, -0.2) is 24.5 Å². The van der Waals surface area contributed by atoms with Gasteiger partial charge in [-0.25, -0.2) is 15.0 Å². The van der Waals surface area contributed by atoms with Crippen LogP contribution in [-0.2, 0) is 0 Å². The summed E-state index contributed by atoms with van der Waals surface area (Å²) in [4.78, 5) is 20.2. The van der Waals surface area contributed by atoms with Crippen LogP contribution in [0.25, 0.3) is 95.2 Å². The summed E-state index contributed by atoms with van der Waals surface area (Å²) >= 11 is 0. The first kappa shape index (κ1) is 32.2. The molecule has 0 fully saturated rings. The van der Waals surface area contributed by atoms with Crippen LogP contribution in [0.15, 0.2) is 200 Å². The highest BCUT2D eigenvalue weighted by atomic mass is 15.1. The molecule has 10 rings (SSSR count). The maximum Gasteiger partial charge on any atom is 0.166 e. The van der Waals surface area contributed by atoms with Gasteiger partial charge in [0.05, 0.1) is 22.4 Å². The van der Waals surface area contributed by atoms with Crippen molar-refractivity contribution in [1.82, 2.24) is 24.5 Å². The largest absolute Gasteiger partial charge is 0.308 e. The van der Waals surface area contributed by atoms with Crippen molar-refractivity contribution >= 4 is 21.8 Å². The van der Waals surface area contributed by atoms with Crippen molar-refractivity contribution in [2.45, 2.75) is 0 Å². The first-order valence-corrected chi connectivity index (χ1v) is 18.4. The van der Waals surface area contributed by atoms with E-state index in [-0.39, 0.29) is 0 Å². The van der Waals surface area contributed by atoms with Gasteiger partial charge in [-0.2, -0.15) is 0 Å². The van der Waals surface area contributed by atoms with Crippen LogP contribution in [0.2, 0.25) is 0 Å². The molecular weight excluding hydrogens is 671 g/mol. The van der Waals surface area contributed by atoms with Crippen molar-refractivity contribution < 1.29 is 0 Å². The Kier molecular flexibility index (Phi) is 8.08. The molecule has 0 unspecified atom stereocenters. The Morgan fingerprint density at radius 2 is 0.782 bits per heavy atom. The molecule has 258 valence electrons. The van der Waals surface area contributed by atoms with Crippen molar-refractivity contribution in [1.29, 1.82) is 0 Å². The van der Waals surface area contributed by atoms with Crippen molar-refractivity contribution in [2.24, 2.45) is 0 Å². The molecule has 0 aliphatic heterocycles. The molecule has 0 N–H and O–H groups in total. The lowest BCUT2D eigenvalue weighted by atomic mass is 10.0. The van der Waals surface area contributed by atoms with Crippen molar-refractivity contribution in [2.75, 3.05) is 0 Å². The Hall–Kier alpha value is -7.50. The van der Waals surface area contributed by atoms with Gasteiger partial charge in [-0.05, 0) is 58.7 Å². The van der Waals surface area contributed by atoms with Gasteiger partial charge in [0.25, 0.3) is 0 Å². The van der Waals surface area contributed by atoms with Crippen molar-refractivity contribution in [3.05, 3.63) is 200 Å². The van der Waals surface area contributed by atoms with E-state index in [0.717, 1.165) is 77.7 Å². The number of fused-ring (bicyclic) bond motifs is 3. The third kappa shape index (κ3) is 6.04. The molecule has 0 radical (unpaired) electrons. The van der Waals surface area contributed by atoms with Crippen molar-refractivity contribution in [3.8, 4) is 73.4 Å². The molecule has 0 aliphatic carbocycles. The molecule has 7 aromatic carbocycles. The number of hydrogen-bond donors (Lipinski definition) is 0. The lowest BCUT2D eigenvalue weighted by Gasteiger charge is -2.17. The highest BCUT2D eigenvalue weighted by molar-refractivity contribution is 6.11. The van der Waals surface area contributed by atoms with Gasteiger partial charge < -0.3 is 4.57 Å². The fourth-order valence-corrected chi connectivity index (χ4v) is 7.43. The van der Waals surface area contributed by atoms with Crippen LogP contribution >= 0.6 is 0 Å². The van der Waals surface area contributed by atoms with E-state index < -0.39 is 0 Å². The summed E-state index contributed by atoms with van der Waals surface area (Å²) in [5.74, 6) is 1.82. The lowest BCUT2D eigenvalue weighted by Crippen LogP contribution is -2.04. The molecule has 0 amide bonds. The van der Waals surface area contributed by atoms with E-state index in [1.165, 1.54) is 0 Å². The van der Waals surface area contributed by atoms with Crippen LogP contribution < -0.4 is 0 Å². The van der Waals surface area contributed by atoms with Crippen molar-refractivity contribution in [3.63, 3.8) is 0 Å². The normalized spacial score (nSPS) is 11.3. The monoisotopic (exact) mass is 703 g/mol. The average Bonchev–Trinajstić information content (AvgIpc) is 3.60. The number of rotatable bonds is 7. The number of pyridine rings is 1. The van der Waals surface area contributed by atoms with E-state index in [2.05, 4.69) is 126 Å². The number of nitrogens with zero attached hydrogens (tertiary/aromatic N) is 5. The maximum absolute atomic E-state index is 5.21. The van der Waals surface area contributed by atoms with Gasteiger partial charge in [0, 0.05) is 39.2 Å². The Labute approximate surface area is 318 Å². The van der Waals surface area contributed by atoms with Gasteiger partial charge in [-0.3, -0.25) is 4.98 Å². The van der Waals surface area contributed by atoms with Gasteiger partial charge in [-0.1, -0.05) is 158 Å². The fourth-order valence-electron chi connectivity index (χ4n) is 7.43. The van der Waals surface area contributed by atoms with Gasteiger partial charge in [0.2, 0.25) is 0 Å². The van der Waals surface area contributed by atoms with E-state index in [9.17, 15) is 0 Å². The van der Waals surface area contributed by atoms with E-state index in [4.69, 9.17) is 19.9 Å². The predicted molar refractivity (Wildman–Crippen MR) is 225 cm³/mol. The second-order valence-electron chi connectivity index (χ2n) is 13.5. The molecule has 10 aromatic rings. The zero-order valence-electron chi connectivity index (χ0n) is 29.8. The smallest absolute Gasteiger partial charge is 0.166 e. The molecule has 0 saturated carbocycles. The number of aromatic nitrogens is 5. The molecule has 0 atom stereocenters. The van der Waals surface area contributed by atoms with E-state index >= 15 is 0 Å². The van der Waals surface area contributed by atoms with E-state index in [0.29, 0.717) is 17.5 Å². The Balaban J connectivity index is 1.31. The lowest BCUT2D eigenvalue weighted by molar-refractivity contribution is 1.06. The molecule has 5 heteroatoms. The van der Waals surface area contributed by atoms with Gasteiger partial charge in [0.1, 0.15) is 0 Å². The summed E-state index contributed by atoms with van der Waals surface area (Å²) in [6.45, 7) is 0. The van der Waals surface area contributed by atoms with Crippen LogP contribution in [0.4, 0.5) is 0 Å². The molecule has 5 nitrogen and oxygen atoms in total. The summed E-state index contributed by atoms with van der Waals surface area (Å²) in [5, 5.41) is 2.32. The Morgan fingerprint density at radius 1 is 0.327 bits per heavy atom. The quantitative estimate of drug-likeness (QED) is 0.166. The summed E-state index contributed by atoms with van der Waals surface area (Å²) in [7, 11) is 0. The predicted octanol–water partition coefficient (Wildman–Crippen LogP) is 12.4. The first-order chi connectivity index (χ1) is 27.3. The minimum Gasteiger partial charge on any atom is -0.308 e. The highest BCUT2D eigenvalue weighted by Gasteiger charge is 2.21. The molecule has 0 saturated heterocycles. The minimum absolute atomic E-state index is 0.587. The molecule has 55 heavy (non-hydrogen) atoms. The second-order valence-corrected chi connectivity index (χ2v) is 13.5. The average molecular weight is 704 g/mol. The topological polar surface area (TPSA) is 56.5 Å². The van der Waals surface area contributed by atoms with Crippen LogP contribution in [0, 0.1) is 0 Å². The van der Waals surface area contributed by atoms with Crippen LogP contribution in [0.1, 0.15) is 0 Å². The standard InChI is InChI=1S/C50H33N5/c1-5-15-34(16-6-1)38-24-27-41-42-28-25-39(35-17-7-2-8-18-35)32-46(42)55(45(41)31-38)47-33-40(44-23-13-14-30-51-44)26-29-43(47)50-53-48(36-19-9-3-10-20-36)52-49(54-50)37-21-11-4-12-22-37/h1-33H. The second kappa shape index (κ2) is 13.8. The summed E-state index contributed by atoms with van der Waals surface area (Å²) in [6, 6.07) is 67.5. The zero-order chi connectivity index (χ0) is 36.6. The molecule has 3 heterocycles. The van der Waals surface area contributed by atoms with E-state index in [1.54, 1.807) is 0 Å². The SMILES string of the molecule is c1ccc(-c2ccc3c4ccc(-c5ccccc5)cc4n(-c4cc(-c5ccccn5)ccc4-c4nc(-c5ccccc5)nc(-c5ccccc5)n4)c3c2)cc1. The number of hydrogen-bond acceptors (Lipinski definition) is 4. The maximum atomic E-state index is 5.21. The summed E-state index contributed by atoms with van der Waals surface area (Å²) in [5.41, 5.74) is 12.3. The minimum atomic E-state index is 0.587. The number of benzene rings is 7. The summed E-state index contributed by atoms with van der Waals surface area (Å²) in [6.07, 6.45) is 1.84. The summed E-state index contributed by atoms with van der Waals surface area (Å²) < 4.78 is 2.39. The Bertz CT molecular complexity index is 2790. The third-order valence-corrected chi connectivity index (χ3v) is 10.1. The third-order valence-electron chi connectivity index (χ3n) is 10.1. The molecule has 0 spiro atoms. The zero-order valence-corrected chi connectivity index (χ0v) is 29.8. The van der Waals surface area contributed by atoms with Gasteiger partial charge >= 0.3 is 0 Å². The molecule has 0 bridgehead atoms. The highest BCUT2D eigenvalue weighted by Crippen LogP contribution is 2.40. The van der Waals surface area contributed by atoms with Crippen LogP contribution in [0.3, 0.4) is 0 Å². The first-order valence-electron chi connectivity index (χ1n) is 18.4. The fraction of sp³-hybridized carbons (Fsp3) is 0. The van der Waals surface area contributed by atoms with Gasteiger partial charge in [-0.15, -0.1) is 0 Å². The molecular formula is C50H33N5. The van der Waals surface area contributed by atoms with Gasteiger partial charge in [0.15, 0.2) is 17.5 Å². The van der Waals surface area contributed by atoms with Crippen LogP contribution in [0.5, 0.6) is 0 Å². The Morgan fingerprint density at radius 3 is 1.27 bits per heavy atom. The van der Waals surface area contributed by atoms with E-state index in [1.807, 2.05) is 79.0 Å². The molecule has 0 aliphatic rings. The molecule has 3 aromatic heterocycles.